The number of benzene rings is 3. The molecule has 1 saturated heterocycles. The molecule has 6 rings (SSSR count). The number of halogens is 1. The third kappa shape index (κ3) is 4.76. The van der Waals surface area contributed by atoms with Gasteiger partial charge in [0.1, 0.15) is 18.0 Å². The molecule has 0 aromatic heterocycles. The Balaban J connectivity index is 1.23. The second kappa shape index (κ2) is 10.3. The van der Waals surface area contributed by atoms with Crippen molar-refractivity contribution in [3.05, 3.63) is 111 Å². The topological polar surface area (TPSA) is 127 Å². The van der Waals surface area contributed by atoms with Crippen molar-refractivity contribution in [3.8, 4) is 11.5 Å². The summed E-state index contributed by atoms with van der Waals surface area (Å²) in [6, 6.07) is 17.6. The number of allylic oxidation sites excluding steroid dienone is 2. The lowest BCUT2D eigenvalue weighted by molar-refractivity contribution is -0.384. The van der Waals surface area contributed by atoms with Crippen LogP contribution in [0.4, 0.5) is 5.69 Å². The molecule has 10 nitrogen and oxygen atoms in total. The molecule has 0 radical (unpaired) electrons. The Hall–Kier alpha value is -4.83. The van der Waals surface area contributed by atoms with E-state index < -0.39 is 46.8 Å². The molecule has 0 spiro atoms. The van der Waals surface area contributed by atoms with E-state index in [9.17, 15) is 29.3 Å². The second-order valence-corrected chi connectivity index (χ2v) is 10.6. The molecule has 1 aliphatic heterocycles. The summed E-state index contributed by atoms with van der Waals surface area (Å²) in [6.07, 6.45) is 4.65. The summed E-state index contributed by atoms with van der Waals surface area (Å²) in [5, 5.41) is 13.1. The fraction of sp³-hybridized carbons (Fsp3) is 0.200. The highest BCUT2D eigenvalue weighted by Crippen LogP contribution is 2.52. The van der Waals surface area contributed by atoms with Crippen molar-refractivity contribution in [3.63, 3.8) is 0 Å². The van der Waals surface area contributed by atoms with Crippen LogP contribution in [-0.2, 0) is 9.59 Å². The van der Waals surface area contributed by atoms with Gasteiger partial charge in [-0.2, -0.15) is 5.01 Å². The van der Waals surface area contributed by atoms with Crippen LogP contribution in [-0.4, -0.2) is 45.0 Å². The predicted molar refractivity (Wildman–Crippen MR) is 146 cm³/mol. The fourth-order valence-electron chi connectivity index (χ4n) is 5.81. The van der Waals surface area contributed by atoms with Crippen LogP contribution in [0.15, 0.2) is 84.9 Å². The number of carbonyl (C=O) groups is 4. The molecule has 3 aromatic rings. The molecule has 3 aliphatic rings. The van der Waals surface area contributed by atoms with Crippen molar-refractivity contribution in [1.82, 2.24) is 10.0 Å². The maximum atomic E-state index is 13.6. The van der Waals surface area contributed by atoms with Crippen LogP contribution in [0.2, 0.25) is 5.02 Å². The van der Waals surface area contributed by atoms with Gasteiger partial charge in [-0.1, -0.05) is 23.8 Å². The summed E-state index contributed by atoms with van der Waals surface area (Å²) >= 11 is 5.98. The van der Waals surface area contributed by atoms with Crippen LogP contribution in [0.5, 0.6) is 11.5 Å². The number of ether oxygens (including phenoxy) is 1. The summed E-state index contributed by atoms with van der Waals surface area (Å²) in [5.41, 5.74) is 0.335. The number of rotatable bonds is 8. The molecule has 0 unspecified atom stereocenters. The van der Waals surface area contributed by atoms with E-state index in [-0.39, 0.29) is 28.7 Å². The van der Waals surface area contributed by atoms with Gasteiger partial charge in [-0.15, -0.1) is 0 Å². The average molecular weight is 572 g/mol. The predicted octanol–water partition coefficient (Wildman–Crippen LogP) is 5.09. The first-order valence-electron chi connectivity index (χ1n) is 12.9. The lowest BCUT2D eigenvalue weighted by Gasteiger charge is -2.30. The largest absolute Gasteiger partial charge is 0.457 e. The van der Waals surface area contributed by atoms with Gasteiger partial charge in [0.15, 0.2) is 5.78 Å². The monoisotopic (exact) mass is 571 g/mol. The lowest BCUT2D eigenvalue weighted by Crippen LogP contribution is -2.52. The standard InChI is InChI=1S/C30H22ClN3O7/c31-21-7-3-18(4-8-21)28(36)32(33-29(37)26-19-1-2-20(15-19)27(26)30(33)38)16-25(35)17-5-11-23(12-6-17)41-24-13-9-22(10-14-24)34(39)40/h1-14,19-20,26-27H,15-16H2/t19-,20-,26+,27+/m0/s1. The van der Waals surface area contributed by atoms with E-state index >= 15 is 0 Å². The Morgan fingerprint density at radius 1 is 0.854 bits per heavy atom. The van der Waals surface area contributed by atoms with Crippen LogP contribution in [0.3, 0.4) is 0 Å². The van der Waals surface area contributed by atoms with E-state index in [0.29, 0.717) is 16.5 Å². The molecule has 2 fully saturated rings. The molecule has 2 bridgehead atoms. The number of fused-ring (bicyclic) bond motifs is 5. The van der Waals surface area contributed by atoms with Gasteiger partial charge >= 0.3 is 0 Å². The summed E-state index contributed by atoms with van der Waals surface area (Å²) in [7, 11) is 0. The number of ketones is 1. The Morgan fingerprint density at radius 3 is 1.90 bits per heavy atom. The number of carbonyl (C=O) groups excluding carboxylic acids is 4. The van der Waals surface area contributed by atoms with E-state index in [1.54, 1.807) is 12.1 Å². The smallest absolute Gasteiger partial charge is 0.273 e. The van der Waals surface area contributed by atoms with Crippen molar-refractivity contribution >= 4 is 40.8 Å². The molecule has 1 heterocycles. The Kier molecular flexibility index (Phi) is 6.63. The van der Waals surface area contributed by atoms with E-state index in [2.05, 4.69) is 0 Å². The molecule has 3 amide bonds. The first-order chi connectivity index (χ1) is 19.7. The minimum Gasteiger partial charge on any atom is -0.457 e. The van der Waals surface area contributed by atoms with Crippen LogP contribution in [0.25, 0.3) is 0 Å². The van der Waals surface area contributed by atoms with Gasteiger partial charge in [-0.05, 0) is 78.9 Å². The Labute approximate surface area is 238 Å². The SMILES string of the molecule is O=C(CN(C(=O)c1ccc(Cl)cc1)N1C(=O)[C@H]2[C@H](C1=O)[C@H]1C=C[C@H]2C1)c1ccc(Oc2ccc([N+](=O)[O-])cc2)cc1. The van der Waals surface area contributed by atoms with Gasteiger partial charge in [-0.25, -0.2) is 5.01 Å². The number of nitro benzene ring substituents is 1. The fourth-order valence-corrected chi connectivity index (χ4v) is 5.93. The van der Waals surface area contributed by atoms with Crippen molar-refractivity contribution in [2.75, 3.05) is 6.54 Å². The van der Waals surface area contributed by atoms with Gasteiger partial charge in [0, 0.05) is 28.3 Å². The van der Waals surface area contributed by atoms with Gasteiger partial charge in [0.2, 0.25) is 0 Å². The van der Waals surface area contributed by atoms with E-state index in [0.717, 1.165) is 16.4 Å². The highest BCUT2D eigenvalue weighted by atomic mass is 35.5. The number of amides is 3. The molecular formula is C30H22ClN3O7. The van der Waals surface area contributed by atoms with Crippen molar-refractivity contribution in [2.45, 2.75) is 6.42 Å². The summed E-state index contributed by atoms with van der Waals surface area (Å²) < 4.78 is 5.70. The molecule has 3 aromatic carbocycles. The van der Waals surface area contributed by atoms with E-state index in [4.69, 9.17) is 16.3 Å². The van der Waals surface area contributed by atoms with Gasteiger partial charge in [0.25, 0.3) is 23.4 Å². The van der Waals surface area contributed by atoms with Crippen molar-refractivity contribution in [2.24, 2.45) is 23.7 Å². The van der Waals surface area contributed by atoms with E-state index in [1.807, 2.05) is 12.2 Å². The minimum atomic E-state index is -0.671. The van der Waals surface area contributed by atoms with Gasteiger partial charge in [-0.3, -0.25) is 29.3 Å². The summed E-state index contributed by atoms with van der Waals surface area (Å²) in [5.74, 6) is -2.55. The zero-order valence-electron chi connectivity index (χ0n) is 21.4. The number of Topliss-reactive ketones (excluding diaryl/α,β-unsaturated/α-hetero) is 1. The van der Waals surface area contributed by atoms with Crippen LogP contribution < -0.4 is 4.74 Å². The molecular weight excluding hydrogens is 550 g/mol. The van der Waals surface area contributed by atoms with Crippen LogP contribution >= 0.6 is 11.6 Å². The molecule has 206 valence electrons. The van der Waals surface area contributed by atoms with Crippen molar-refractivity contribution < 1.29 is 28.8 Å². The van der Waals surface area contributed by atoms with E-state index in [1.165, 1.54) is 60.7 Å². The second-order valence-electron chi connectivity index (χ2n) is 10.2. The molecule has 11 heteroatoms. The Bertz CT molecular complexity index is 1570. The third-order valence-corrected chi connectivity index (χ3v) is 8.02. The Morgan fingerprint density at radius 2 is 1.37 bits per heavy atom. The van der Waals surface area contributed by atoms with Crippen molar-refractivity contribution in [1.29, 1.82) is 0 Å². The number of hydrazine groups is 1. The molecule has 1 saturated carbocycles. The number of nitro groups is 1. The highest BCUT2D eigenvalue weighted by Gasteiger charge is 2.61. The number of imide groups is 1. The lowest BCUT2D eigenvalue weighted by atomic mass is 9.85. The number of hydrogen-bond acceptors (Lipinski definition) is 7. The molecule has 4 atom stereocenters. The number of non-ortho nitro benzene ring substituents is 1. The minimum absolute atomic E-state index is 0.0575. The number of nitrogens with zero attached hydrogens (tertiary/aromatic N) is 3. The molecule has 41 heavy (non-hydrogen) atoms. The highest BCUT2D eigenvalue weighted by molar-refractivity contribution is 6.30. The first-order valence-corrected chi connectivity index (χ1v) is 13.3. The van der Waals surface area contributed by atoms with Crippen LogP contribution in [0, 0.1) is 33.8 Å². The normalized spacial score (nSPS) is 22.1. The summed E-state index contributed by atoms with van der Waals surface area (Å²) in [4.78, 5) is 64.4. The zero-order valence-corrected chi connectivity index (χ0v) is 22.1. The maximum absolute atomic E-state index is 13.6. The zero-order chi connectivity index (χ0) is 28.8. The van der Waals surface area contributed by atoms with Gasteiger partial charge < -0.3 is 4.74 Å². The average Bonchev–Trinajstić information content (AvgIpc) is 3.66. The maximum Gasteiger partial charge on any atom is 0.273 e. The van der Waals surface area contributed by atoms with Crippen LogP contribution in [0.1, 0.15) is 27.1 Å². The number of hydrogen-bond donors (Lipinski definition) is 0. The first kappa shape index (κ1) is 26.4. The molecule has 2 aliphatic carbocycles. The van der Waals surface area contributed by atoms with Gasteiger partial charge in [0.05, 0.1) is 16.8 Å². The third-order valence-electron chi connectivity index (χ3n) is 7.77. The quantitative estimate of drug-likeness (QED) is 0.121. The molecule has 0 N–H and O–H groups in total. The summed E-state index contributed by atoms with van der Waals surface area (Å²) in [6.45, 7) is -0.538.